The third-order valence-electron chi connectivity index (χ3n) is 7.77. The van der Waals surface area contributed by atoms with Crippen molar-refractivity contribution in [3.8, 4) is 0 Å². The second-order valence-corrected chi connectivity index (χ2v) is 14.3. The summed E-state index contributed by atoms with van der Waals surface area (Å²) in [4.78, 5) is 27.5. The first-order valence-electron chi connectivity index (χ1n) is 14.6. The zero-order chi connectivity index (χ0) is 31.8. The second-order valence-electron chi connectivity index (χ2n) is 11.3. The molecule has 228 valence electrons. The molecule has 44 heavy (non-hydrogen) atoms. The molecule has 0 aliphatic carbocycles. The molecule has 0 saturated carbocycles. The number of rotatable bonds is 8. The molecule has 0 saturated heterocycles. The number of fused-ring (bicyclic) bond motifs is 1. The third kappa shape index (κ3) is 5.69. The molecule has 0 fully saturated rings. The van der Waals surface area contributed by atoms with Crippen LogP contribution in [0.15, 0.2) is 93.5 Å². The highest BCUT2D eigenvalue weighted by Crippen LogP contribution is 2.42. The van der Waals surface area contributed by atoms with Crippen molar-refractivity contribution < 1.29 is 17.9 Å². The van der Waals surface area contributed by atoms with Crippen LogP contribution in [0.5, 0.6) is 0 Å². The van der Waals surface area contributed by atoms with Crippen molar-refractivity contribution in [3.05, 3.63) is 126 Å². The fourth-order valence-electron chi connectivity index (χ4n) is 5.35. The minimum atomic E-state index is -4.28. The van der Waals surface area contributed by atoms with Gasteiger partial charge in [-0.3, -0.25) is 9.36 Å². The Hall–Kier alpha value is -4.21. The molecule has 0 amide bonds. The Morgan fingerprint density at radius 1 is 0.932 bits per heavy atom. The van der Waals surface area contributed by atoms with E-state index in [-0.39, 0.29) is 38.4 Å². The average Bonchev–Trinajstić information content (AvgIpc) is 3.33. The number of benzene rings is 3. The van der Waals surface area contributed by atoms with Crippen molar-refractivity contribution in [1.29, 1.82) is 0 Å². The lowest BCUT2D eigenvalue weighted by molar-refractivity contribution is -0.136. The van der Waals surface area contributed by atoms with Crippen molar-refractivity contribution in [1.82, 2.24) is 4.57 Å². The number of carbonyl (C=O) groups excluding carboxylic acids is 1. The fraction of sp³-hybridized carbons (Fsp3) is 0.257. The Balaban J connectivity index is 1.87. The first-order chi connectivity index (χ1) is 20.9. The van der Waals surface area contributed by atoms with Crippen LogP contribution in [0.4, 0.5) is 0 Å². The minimum Gasteiger partial charge on any atom is -0.463 e. The molecular formula is C35H36N2O5S2. The molecule has 9 heteroatoms. The molecule has 2 N–H and O–H groups in total. The number of thiazole rings is 1. The van der Waals surface area contributed by atoms with Crippen LogP contribution in [0.2, 0.25) is 0 Å². The number of carbonyl (C=O) groups is 1. The summed E-state index contributed by atoms with van der Waals surface area (Å²) in [7, 11) is -4.28. The van der Waals surface area contributed by atoms with Gasteiger partial charge in [-0.25, -0.2) is 13.2 Å². The summed E-state index contributed by atoms with van der Waals surface area (Å²) in [6.07, 6.45) is 1.73. The van der Waals surface area contributed by atoms with Gasteiger partial charge in [0.2, 0.25) is 9.84 Å². The normalized spacial score (nSPS) is 15.7. The van der Waals surface area contributed by atoms with Crippen LogP contribution in [-0.2, 0) is 19.4 Å². The Labute approximate surface area is 261 Å². The molecule has 3 aromatic carbocycles. The van der Waals surface area contributed by atoms with Gasteiger partial charge in [0, 0.05) is 0 Å². The van der Waals surface area contributed by atoms with Crippen LogP contribution < -0.4 is 20.5 Å². The molecule has 0 unspecified atom stereocenters. The maximum Gasteiger partial charge on any atom is 0.338 e. The first-order valence-corrected chi connectivity index (χ1v) is 16.9. The Kier molecular flexibility index (Phi) is 8.81. The summed E-state index contributed by atoms with van der Waals surface area (Å²) in [6, 6.07) is 23.3. The van der Waals surface area contributed by atoms with E-state index in [4.69, 9.17) is 10.5 Å². The van der Waals surface area contributed by atoms with Crippen LogP contribution >= 0.6 is 11.3 Å². The fourth-order valence-corrected chi connectivity index (χ4v) is 8.21. The van der Waals surface area contributed by atoms with Crippen LogP contribution in [-0.4, -0.2) is 25.6 Å². The third-order valence-corrected chi connectivity index (χ3v) is 10.8. The molecule has 0 spiro atoms. The van der Waals surface area contributed by atoms with Gasteiger partial charge >= 0.3 is 5.97 Å². The van der Waals surface area contributed by atoms with Gasteiger partial charge < -0.3 is 10.5 Å². The molecule has 2 heterocycles. The van der Waals surface area contributed by atoms with Crippen molar-refractivity contribution >= 4 is 44.6 Å². The van der Waals surface area contributed by atoms with Gasteiger partial charge in [-0.15, -0.1) is 11.3 Å². The predicted octanol–water partition coefficient (Wildman–Crippen LogP) is 5.06. The lowest BCUT2D eigenvalue weighted by Gasteiger charge is -2.28. The van der Waals surface area contributed by atoms with E-state index < -0.39 is 27.3 Å². The van der Waals surface area contributed by atoms with Gasteiger partial charge in [-0.2, -0.15) is 0 Å². The molecule has 4 aromatic rings. The molecule has 0 radical (unpaired) electrons. The van der Waals surface area contributed by atoms with E-state index in [9.17, 15) is 18.0 Å². The van der Waals surface area contributed by atoms with E-state index in [2.05, 4.69) is 27.7 Å². The summed E-state index contributed by atoms with van der Waals surface area (Å²) < 4.78 is 36.0. The number of allylic oxidation sites excluding steroid dienone is 1. The summed E-state index contributed by atoms with van der Waals surface area (Å²) in [6.45, 7) is 10.1. The molecule has 0 bridgehead atoms. The molecule has 1 atom stereocenters. The maximum atomic E-state index is 14.4. The van der Waals surface area contributed by atoms with E-state index in [1.165, 1.54) is 12.1 Å². The van der Waals surface area contributed by atoms with Crippen molar-refractivity contribution in [2.24, 2.45) is 5.73 Å². The molecule has 1 aromatic heterocycles. The number of sulfone groups is 1. The van der Waals surface area contributed by atoms with E-state index in [1.54, 1.807) is 31.2 Å². The first kappa shape index (κ1) is 31.2. The number of ether oxygens (including phenoxy) is 1. The summed E-state index contributed by atoms with van der Waals surface area (Å²) in [5.74, 6) is -1.44. The standard InChI is InChI=1S/C35H36N2O5S2/c1-6-42-35(39)30-29(26-18-16-25(17-19-26)22(4)5)31(44(40,41)27-10-8-7-9-11-27)32(36)37-33(38)28(43-34(30)37)20-23-12-14-24(15-13-23)21(2)3/h7-22,29H,6,36H2,1-5H3/b28-20+/t29-/m0/s1. The zero-order valence-corrected chi connectivity index (χ0v) is 27.0. The molecular weight excluding hydrogens is 593 g/mol. The number of hydrogen-bond donors (Lipinski definition) is 1. The smallest absolute Gasteiger partial charge is 0.338 e. The molecule has 1 aliphatic rings. The number of hydrogen-bond acceptors (Lipinski definition) is 7. The van der Waals surface area contributed by atoms with E-state index in [1.807, 2.05) is 48.5 Å². The SMILES string of the molecule is CCOC(=O)C1=c2s/c(=C/c3ccc(C(C)C)cc3)c(=O)n2C(N)=C(S(=O)(=O)c2ccccc2)[C@H]1c1ccc(C(C)C)cc1. The Bertz CT molecular complexity index is 2020. The molecule has 5 rings (SSSR count). The van der Waals surface area contributed by atoms with Gasteiger partial charge in [-0.1, -0.05) is 94.4 Å². The van der Waals surface area contributed by atoms with Gasteiger partial charge in [0.15, 0.2) is 0 Å². The summed E-state index contributed by atoms with van der Waals surface area (Å²) >= 11 is 1.10. The van der Waals surface area contributed by atoms with Crippen LogP contribution in [0.3, 0.4) is 0 Å². The lowest BCUT2D eigenvalue weighted by atomic mass is 9.88. The van der Waals surface area contributed by atoms with Crippen LogP contribution in [0.25, 0.3) is 17.5 Å². The van der Waals surface area contributed by atoms with E-state index in [0.29, 0.717) is 16.0 Å². The van der Waals surface area contributed by atoms with Crippen LogP contribution in [0, 0.1) is 0 Å². The highest BCUT2D eigenvalue weighted by Gasteiger charge is 2.42. The largest absolute Gasteiger partial charge is 0.463 e. The van der Waals surface area contributed by atoms with Crippen molar-refractivity contribution in [2.45, 2.75) is 57.3 Å². The van der Waals surface area contributed by atoms with E-state index >= 15 is 0 Å². The number of nitrogens with zero attached hydrogens (tertiary/aromatic N) is 1. The number of esters is 1. The highest BCUT2D eigenvalue weighted by molar-refractivity contribution is 7.95. The number of aromatic nitrogens is 1. The maximum absolute atomic E-state index is 14.4. The van der Waals surface area contributed by atoms with Gasteiger partial charge in [0.05, 0.1) is 27.5 Å². The average molecular weight is 629 g/mol. The zero-order valence-electron chi connectivity index (χ0n) is 25.4. The molecule has 1 aliphatic heterocycles. The Morgan fingerprint density at radius 2 is 1.50 bits per heavy atom. The van der Waals surface area contributed by atoms with Gasteiger partial charge in [-0.05, 0) is 59.2 Å². The van der Waals surface area contributed by atoms with E-state index in [0.717, 1.165) is 32.6 Å². The molecule has 7 nitrogen and oxygen atoms in total. The summed E-state index contributed by atoms with van der Waals surface area (Å²) in [5, 5.41) is 0. The highest BCUT2D eigenvalue weighted by atomic mass is 32.2. The second kappa shape index (κ2) is 12.4. The topological polar surface area (TPSA) is 108 Å². The monoisotopic (exact) mass is 628 g/mol. The predicted molar refractivity (Wildman–Crippen MR) is 176 cm³/mol. The Morgan fingerprint density at radius 3 is 2.05 bits per heavy atom. The minimum absolute atomic E-state index is 0.00807. The van der Waals surface area contributed by atoms with Gasteiger partial charge in [0.25, 0.3) is 5.56 Å². The summed E-state index contributed by atoms with van der Waals surface area (Å²) in [5.41, 5.74) is 9.83. The quantitative estimate of drug-likeness (QED) is 0.274. The van der Waals surface area contributed by atoms with Crippen molar-refractivity contribution in [2.75, 3.05) is 6.61 Å². The van der Waals surface area contributed by atoms with Gasteiger partial charge in [0.1, 0.15) is 15.4 Å². The van der Waals surface area contributed by atoms with Crippen LogP contribution in [0.1, 0.15) is 74.6 Å². The number of nitrogens with two attached hydrogens (primary N) is 1. The van der Waals surface area contributed by atoms with Crippen molar-refractivity contribution in [3.63, 3.8) is 0 Å². The lowest BCUT2D eigenvalue weighted by Crippen LogP contribution is -2.41.